The van der Waals surface area contributed by atoms with Crippen molar-refractivity contribution in [2.24, 2.45) is 0 Å². The number of hydrogen-bond acceptors (Lipinski definition) is 3. The third kappa shape index (κ3) is 3.57. The second-order valence-corrected chi connectivity index (χ2v) is 7.56. The van der Waals surface area contributed by atoms with Crippen LogP contribution in [0.1, 0.15) is 21.6 Å². The number of rotatable bonds is 4. The van der Waals surface area contributed by atoms with Crippen molar-refractivity contribution in [1.29, 1.82) is 0 Å². The van der Waals surface area contributed by atoms with E-state index in [1.54, 1.807) is 22.4 Å². The number of piperazine rings is 1. The highest BCUT2D eigenvalue weighted by molar-refractivity contribution is 7.07. The van der Waals surface area contributed by atoms with Gasteiger partial charge >= 0.3 is 0 Å². The van der Waals surface area contributed by atoms with Gasteiger partial charge in [-0.1, -0.05) is 0 Å². The Morgan fingerprint density at radius 2 is 1.92 bits per heavy atom. The largest absolute Gasteiger partial charge is 0.328 e. The molecule has 3 heterocycles. The molecule has 1 fully saturated rings. The average molecular weight is 367 g/mol. The Morgan fingerprint density at radius 3 is 2.54 bits per heavy atom. The van der Waals surface area contributed by atoms with Crippen LogP contribution in [0.5, 0.6) is 0 Å². The molecule has 1 saturated heterocycles. The van der Waals surface area contributed by atoms with Crippen LogP contribution >= 0.6 is 11.3 Å². The maximum Gasteiger partial charge on any atom is 0.254 e. The van der Waals surface area contributed by atoms with Crippen molar-refractivity contribution in [1.82, 2.24) is 14.7 Å². The van der Waals surface area contributed by atoms with E-state index in [1.807, 2.05) is 46.8 Å². The van der Waals surface area contributed by atoms with Gasteiger partial charge in [0.25, 0.3) is 5.91 Å². The van der Waals surface area contributed by atoms with Gasteiger partial charge in [-0.25, -0.2) is 4.68 Å². The lowest BCUT2D eigenvalue weighted by Gasteiger charge is -2.32. The highest BCUT2D eigenvalue weighted by Gasteiger charge is 2.24. The topological polar surface area (TPSA) is 42.6 Å². The zero-order valence-corrected chi connectivity index (χ0v) is 15.7. The van der Waals surface area contributed by atoms with Crippen LogP contribution in [-0.4, -0.2) is 46.8 Å². The highest BCUT2D eigenvalue weighted by Crippen LogP contribution is 2.13. The van der Waals surface area contributed by atoms with Gasteiger partial charge in [-0.05, 0) is 54.1 Å². The molecule has 134 valence electrons. The van der Waals surface area contributed by atoms with Gasteiger partial charge in [-0.2, -0.15) is 16.4 Å². The monoisotopic (exact) mass is 367 g/mol. The molecule has 26 heavy (non-hydrogen) atoms. The second kappa shape index (κ2) is 7.43. The number of amides is 1. The summed E-state index contributed by atoms with van der Waals surface area (Å²) in [7, 11) is 0. The summed E-state index contributed by atoms with van der Waals surface area (Å²) in [5.74, 6) is 0.128. The van der Waals surface area contributed by atoms with Crippen molar-refractivity contribution in [3.8, 4) is 5.69 Å². The van der Waals surface area contributed by atoms with Crippen LogP contribution in [0.15, 0.2) is 53.4 Å². The molecule has 0 radical (unpaired) electrons. The van der Waals surface area contributed by atoms with Crippen molar-refractivity contribution in [2.75, 3.05) is 26.2 Å². The summed E-state index contributed by atoms with van der Waals surface area (Å²) in [6.45, 7) is 6.72. The van der Waals surface area contributed by atoms with Gasteiger partial charge in [0.15, 0.2) is 0 Å². The summed E-state index contributed by atoms with van der Waals surface area (Å²) in [6.07, 6.45) is 1.78. The SMILES string of the molecule is Cc1ccnn1-c1ccc(C(=O)N2CC[NH+](Cc3ccsc3)CC2)cc1. The number of carbonyl (C=O) groups excluding carboxylic acids is 1. The van der Waals surface area contributed by atoms with E-state index in [2.05, 4.69) is 21.9 Å². The van der Waals surface area contributed by atoms with Crippen LogP contribution in [0.4, 0.5) is 0 Å². The predicted molar refractivity (Wildman–Crippen MR) is 103 cm³/mol. The Hall–Kier alpha value is -2.44. The molecule has 0 aliphatic carbocycles. The quantitative estimate of drug-likeness (QED) is 0.764. The van der Waals surface area contributed by atoms with E-state index < -0.39 is 0 Å². The first kappa shape index (κ1) is 17.0. The molecule has 5 nitrogen and oxygen atoms in total. The Morgan fingerprint density at radius 1 is 1.15 bits per heavy atom. The maximum absolute atomic E-state index is 12.8. The van der Waals surface area contributed by atoms with Gasteiger partial charge in [-0.15, -0.1) is 0 Å². The summed E-state index contributed by atoms with van der Waals surface area (Å²) >= 11 is 1.75. The smallest absolute Gasteiger partial charge is 0.254 e. The van der Waals surface area contributed by atoms with Crippen molar-refractivity contribution in [2.45, 2.75) is 13.5 Å². The molecule has 0 bridgehead atoms. The molecule has 0 atom stereocenters. The Bertz CT molecular complexity index is 862. The van der Waals surface area contributed by atoms with E-state index in [4.69, 9.17) is 0 Å². The van der Waals surface area contributed by atoms with E-state index in [0.717, 1.165) is 49.7 Å². The van der Waals surface area contributed by atoms with Crippen LogP contribution in [0, 0.1) is 6.92 Å². The van der Waals surface area contributed by atoms with Gasteiger partial charge in [-0.3, -0.25) is 4.79 Å². The number of hydrogen-bond donors (Lipinski definition) is 1. The normalized spacial score (nSPS) is 15.3. The van der Waals surface area contributed by atoms with E-state index >= 15 is 0 Å². The molecule has 3 aromatic rings. The number of benzene rings is 1. The van der Waals surface area contributed by atoms with Crippen LogP contribution in [0.2, 0.25) is 0 Å². The molecule has 1 aromatic carbocycles. The summed E-state index contributed by atoms with van der Waals surface area (Å²) in [4.78, 5) is 16.3. The number of aryl methyl sites for hydroxylation is 1. The molecule has 2 aromatic heterocycles. The van der Waals surface area contributed by atoms with E-state index in [1.165, 1.54) is 5.56 Å². The molecule has 0 spiro atoms. The van der Waals surface area contributed by atoms with Crippen molar-refractivity contribution < 1.29 is 9.69 Å². The van der Waals surface area contributed by atoms with E-state index in [-0.39, 0.29) is 5.91 Å². The number of aromatic nitrogens is 2. The third-order valence-electron chi connectivity index (χ3n) is 4.98. The number of carbonyl (C=O) groups is 1. The molecule has 6 heteroatoms. The summed E-state index contributed by atoms with van der Waals surface area (Å²) < 4.78 is 1.88. The van der Waals surface area contributed by atoms with Crippen LogP contribution in [0.25, 0.3) is 5.69 Å². The van der Waals surface area contributed by atoms with Gasteiger partial charge in [0, 0.05) is 23.0 Å². The number of thiophene rings is 1. The first-order valence-corrected chi connectivity index (χ1v) is 9.90. The lowest BCUT2D eigenvalue weighted by atomic mass is 10.1. The maximum atomic E-state index is 12.8. The Balaban J connectivity index is 1.37. The molecule has 1 N–H and O–H groups in total. The van der Waals surface area contributed by atoms with E-state index in [9.17, 15) is 4.79 Å². The van der Waals surface area contributed by atoms with Gasteiger partial charge in [0.1, 0.15) is 6.54 Å². The number of quaternary nitrogens is 1. The fraction of sp³-hybridized carbons (Fsp3) is 0.300. The second-order valence-electron chi connectivity index (χ2n) is 6.78. The van der Waals surface area contributed by atoms with Gasteiger partial charge < -0.3 is 9.80 Å². The minimum atomic E-state index is 0.128. The summed E-state index contributed by atoms with van der Waals surface area (Å²) in [5.41, 5.74) is 4.21. The molecular weight excluding hydrogens is 344 g/mol. The molecule has 4 rings (SSSR count). The highest BCUT2D eigenvalue weighted by atomic mass is 32.1. The van der Waals surface area contributed by atoms with Crippen molar-refractivity contribution in [3.63, 3.8) is 0 Å². The van der Waals surface area contributed by atoms with Crippen molar-refractivity contribution >= 4 is 17.2 Å². The number of nitrogens with one attached hydrogen (secondary N) is 1. The van der Waals surface area contributed by atoms with Crippen molar-refractivity contribution in [3.05, 3.63) is 70.2 Å². The molecule has 0 unspecified atom stereocenters. The molecule has 1 aliphatic rings. The minimum absolute atomic E-state index is 0.128. The van der Waals surface area contributed by atoms with Crippen LogP contribution < -0.4 is 4.90 Å². The van der Waals surface area contributed by atoms with Crippen LogP contribution in [-0.2, 0) is 6.54 Å². The molecular formula is C20H23N4OS+. The molecule has 1 amide bonds. The average Bonchev–Trinajstić information content (AvgIpc) is 3.34. The Kier molecular flexibility index (Phi) is 4.86. The Labute approximate surface area is 157 Å². The van der Waals surface area contributed by atoms with E-state index in [0.29, 0.717) is 0 Å². The first-order valence-electron chi connectivity index (χ1n) is 8.96. The summed E-state index contributed by atoms with van der Waals surface area (Å²) in [6, 6.07) is 11.9. The fourth-order valence-corrected chi connectivity index (χ4v) is 4.12. The molecule has 1 aliphatic heterocycles. The first-order chi connectivity index (χ1) is 12.7. The lowest BCUT2D eigenvalue weighted by Crippen LogP contribution is -3.13. The summed E-state index contributed by atoms with van der Waals surface area (Å²) in [5, 5.41) is 8.65. The van der Waals surface area contributed by atoms with Gasteiger partial charge in [0.05, 0.1) is 31.9 Å². The zero-order valence-electron chi connectivity index (χ0n) is 14.9. The third-order valence-corrected chi connectivity index (χ3v) is 5.71. The fourth-order valence-electron chi connectivity index (χ4n) is 3.45. The minimum Gasteiger partial charge on any atom is -0.328 e. The lowest BCUT2D eigenvalue weighted by molar-refractivity contribution is -0.917. The predicted octanol–water partition coefficient (Wildman–Crippen LogP) is 1.78. The molecule has 0 saturated carbocycles. The standard InChI is InChI=1S/C20H22N4OS/c1-16-6-8-21-24(16)19-4-2-18(3-5-19)20(25)23-11-9-22(10-12-23)14-17-7-13-26-15-17/h2-8,13,15H,9-12,14H2,1H3/p+1. The zero-order chi connectivity index (χ0) is 17.9. The van der Waals surface area contributed by atoms with Gasteiger partial charge in [0.2, 0.25) is 0 Å². The van der Waals surface area contributed by atoms with Crippen LogP contribution in [0.3, 0.4) is 0 Å². The number of nitrogens with zero attached hydrogens (tertiary/aromatic N) is 3.